The minimum Gasteiger partial charge on any atom is -0.493 e. The van der Waals surface area contributed by atoms with Crippen molar-refractivity contribution in [2.24, 2.45) is 0 Å². The van der Waals surface area contributed by atoms with Crippen LogP contribution >= 0.6 is 0 Å². The highest BCUT2D eigenvalue weighted by Crippen LogP contribution is 2.27. The van der Waals surface area contributed by atoms with Crippen molar-refractivity contribution in [1.82, 2.24) is 15.5 Å². The number of benzene rings is 1. The van der Waals surface area contributed by atoms with Crippen LogP contribution in [0.2, 0.25) is 0 Å². The number of amides is 3. The van der Waals surface area contributed by atoms with Crippen LogP contribution in [0.25, 0.3) is 0 Å². The van der Waals surface area contributed by atoms with Crippen molar-refractivity contribution >= 4 is 11.9 Å². The zero-order chi connectivity index (χ0) is 20.5. The Morgan fingerprint density at radius 1 is 1.14 bits per heavy atom. The van der Waals surface area contributed by atoms with Crippen LogP contribution in [0.3, 0.4) is 0 Å². The van der Waals surface area contributed by atoms with Gasteiger partial charge < -0.3 is 14.8 Å². The summed E-state index contributed by atoms with van der Waals surface area (Å²) in [6, 6.07) is 5.18. The number of hydrogen-bond acceptors (Lipinski definition) is 5. The molecular formula is C21H33N3O4. The average Bonchev–Trinajstić information content (AvgIpc) is 2.71. The highest BCUT2D eigenvalue weighted by molar-refractivity contribution is 5.96. The van der Waals surface area contributed by atoms with Crippen LogP contribution in [-0.2, 0) is 11.2 Å². The standard InChI is InChI=1S/C21H33N3O4/c1-15(20(25)23-21(26)22-17-8-6-5-7-9-17)24(2)13-12-16-10-11-18(27-3)19(14-16)28-4/h10-11,14-15,17H,5-9,12-13H2,1-4H3,(H2,22,23,25,26)/t15-/m0/s1. The van der Waals surface area contributed by atoms with Gasteiger partial charge in [-0.3, -0.25) is 15.0 Å². The van der Waals surface area contributed by atoms with E-state index >= 15 is 0 Å². The maximum atomic E-state index is 12.4. The smallest absolute Gasteiger partial charge is 0.321 e. The molecule has 2 N–H and O–H groups in total. The van der Waals surface area contributed by atoms with Crippen LogP contribution in [0.4, 0.5) is 4.79 Å². The van der Waals surface area contributed by atoms with E-state index in [0.717, 1.165) is 37.7 Å². The second-order valence-electron chi connectivity index (χ2n) is 7.39. The lowest BCUT2D eigenvalue weighted by Gasteiger charge is -2.25. The average molecular weight is 392 g/mol. The molecular weight excluding hydrogens is 358 g/mol. The van der Waals surface area contributed by atoms with Crippen molar-refractivity contribution in [3.05, 3.63) is 23.8 Å². The normalized spacial score (nSPS) is 15.8. The highest BCUT2D eigenvalue weighted by atomic mass is 16.5. The van der Waals surface area contributed by atoms with Gasteiger partial charge in [0.1, 0.15) is 0 Å². The summed E-state index contributed by atoms with van der Waals surface area (Å²) in [6.07, 6.45) is 6.22. The Hall–Kier alpha value is -2.28. The molecule has 0 heterocycles. The molecule has 156 valence electrons. The molecule has 1 fully saturated rings. The summed E-state index contributed by atoms with van der Waals surface area (Å²) in [6.45, 7) is 2.48. The molecule has 0 bridgehead atoms. The van der Waals surface area contributed by atoms with E-state index in [2.05, 4.69) is 10.6 Å². The van der Waals surface area contributed by atoms with Crippen LogP contribution in [0.1, 0.15) is 44.6 Å². The second-order valence-corrected chi connectivity index (χ2v) is 7.39. The minimum absolute atomic E-state index is 0.180. The molecule has 3 amide bonds. The van der Waals surface area contributed by atoms with Gasteiger partial charge in [-0.25, -0.2) is 4.79 Å². The van der Waals surface area contributed by atoms with Crippen LogP contribution in [-0.4, -0.2) is 56.7 Å². The summed E-state index contributed by atoms with van der Waals surface area (Å²) in [4.78, 5) is 26.4. The zero-order valence-electron chi connectivity index (χ0n) is 17.4. The van der Waals surface area contributed by atoms with E-state index < -0.39 is 12.1 Å². The van der Waals surface area contributed by atoms with E-state index in [4.69, 9.17) is 9.47 Å². The predicted molar refractivity (Wildman–Crippen MR) is 109 cm³/mol. The Morgan fingerprint density at radius 2 is 1.82 bits per heavy atom. The first kappa shape index (κ1) is 22.0. The summed E-state index contributed by atoms with van der Waals surface area (Å²) in [5.74, 6) is 1.09. The molecule has 1 aliphatic rings. The maximum absolute atomic E-state index is 12.4. The number of nitrogens with zero attached hydrogens (tertiary/aromatic N) is 1. The van der Waals surface area contributed by atoms with Gasteiger partial charge in [0.2, 0.25) is 5.91 Å². The van der Waals surface area contributed by atoms with Crippen LogP contribution in [0.15, 0.2) is 18.2 Å². The number of rotatable bonds is 8. The maximum Gasteiger partial charge on any atom is 0.321 e. The van der Waals surface area contributed by atoms with E-state index in [0.29, 0.717) is 18.0 Å². The first-order chi connectivity index (χ1) is 13.4. The summed E-state index contributed by atoms with van der Waals surface area (Å²) in [5, 5.41) is 5.38. The molecule has 1 aromatic rings. The molecule has 28 heavy (non-hydrogen) atoms. The second kappa shape index (κ2) is 10.9. The van der Waals surface area contributed by atoms with Gasteiger partial charge in [0.25, 0.3) is 0 Å². The number of urea groups is 1. The predicted octanol–water partition coefficient (Wildman–Crippen LogP) is 2.73. The number of hydrogen-bond donors (Lipinski definition) is 2. The highest BCUT2D eigenvalue weighted by Gasteiger charge is 2.22. The van der Waals surface area contributed by atoms with Gasteiger partial charge in [-0.05, 0) is 50.9 Å². The number of methoxy groups -OCH3 is 2. The number of ether oxygens (including phenoxy) is 2. The monoisotopic (exact) mass is 391 g/mol. The van der Waals surface area contributed by atoms with Gasteiger partial charge in [-0.1, -0.05) is 25.3 Å². The molecule has 0 unspecified atom stereocenters. The first-order valence-corrected chi connectivity index (χ1v) is 9.97. The fourth-order valence-electron chi connectivity index (χ4n) is 3.42. The molecule has 0 aliphatic heterocycles. The third kappa shape index (κ3) is 6.41. The molecule has 1 aromatic carbocycles. The fourth-order valence-corrected chi connectivity index (χ4v) is 3.42. The number of nitrogens with one attached hydrogen (secondary N) is 2. The van der Waals surface area contributed by atoms with Crippen molar-refractivity contribution in [3.63, 3.8) is 0 Å². The number of carbonyl (C=O) groups excluding carboxylic acids is 2. The van der Waals surface area contributed by atoms with Gasteiger partial charge in [-0.2, -0.15) is 0 Å². The van der Waals surface area contributed by atoms with Crippen molar-refractivity contribution in [2.45, 2.75) is 57.5 Å². The fraction of sp³-hybridized carbons (Fsp3) is 0.619. The van der Waals surface area contributed by atoms with E-state index in [1.165, 1.54) is 6.42 Å². The van der Waals surface area contributed by atoms with Crippen molar-refractivity contribution in [3.8, 4) is 11.5 Å². The molecule has 1 atom stereocenters. The van der Waals surface area contributed by atoms with Crippen LogP contribution < -0.4 is 20.1 Å². The molecule has 0 aromatic heterocycles. The van der Waals surface area contributed by atoms with Crippen molar-refractivity contribution < 1.29 is 19.1 Å². The van der Waals surface area contributed by atoms with Crippen molar-refractivity contribution in [2.75, 3.05) is 27.8 Å². The van der Waals surface area contributed by atoms with Gasteiger partial charge in [0, 0.05) is 12.6 Å². The van der Waals surface area contributed by atoms with E-state index in [1.807, 2.05) is 30.1 Å². The lowest BCUT2D eigenvalue weighted by molar-refractivity contribution is -0.124. The molecule has 7 heteroatoms. The van der Waals surface area contributed by atoms with Gasteiger partial charge >= 0.3 is 6.03 Å². The molecule has 0 spiro atoms. The number of likely N-dealkylation sites (N-methyl/N-ethyl adjacent to an activating group) is 1. The van der Waals surface area contributed by atoms with Crippen molar-refractivity contribution in [1.29, 1.82) is 0 Å². The Balaban J connectivity index is 1.80. The van der Waals surface area contributed by atoms with E-state index in [-0.39, 0.29) is 11.9 Å². The third-order valence-electron chi connectivity index (χ3n) is 5.42. The van der Waals surface area contributed by atoms with Gasteiger partial charge in [-0.15, -0.1) is 0 Å². The van der Waals surface area contributed by atoms with Gasteiger partial charge in [0.15, 0.2) is 11.5 Å². The van der Waals surface area contributed by atoms with E-state index in [9.17, 15) is 9.59 Å². The van der Waals surface area contributed by atoms with Crippen LogP contribution in [0.5, 0.6) is 11.5 Å². The zero-order valence-corrected chi connectivity index (χ0v) is 17.4. The van der Waals surface area contributed by atoms with Crippen LogP contribution in [0, 0.1) is 0 Å². The minimum atomic E-state index is -0.405. The molecule has 0 saturated heterocycles. The summed E-state index contributed by atoms with van der Waals surface area (Å²) in [7, 11) is 5.10. The Kier molecular flexibility index (Phi) is 8.57. The largest absolute Gasteiger partial charge is 0.493 e. The lowest BCUT2D eigenvalue weighted by atomic mass is 9.96. The summed E-state index contributed by atoms with van der Waals surface area (Å²) < 4.78 is 10.6. The Labute approximate surface area is 167 Å². The van der Waals surface area contributed by atoms with Gasteiger partial charge in [0.05, 0.1) is 20.3 Å². The van der Waals surface area contributed by atoms with E-state index in [1.54, 1.807) is 21.1 Å². The third-order valence-corrected chi connectivity index (χ3v) is 5.42. The quantitative estimate of drug-likeness (QED) is 0.712. The molecule has 1 saturated carbocycles. The topological polar surface area (TPSA) is 79.9 Å². The molecule has 1 aliphatic carbocycles. The summed E-state index contributed by atoms with van der Waals surface area (Å²) in [5.41, 5.74) is 1.09. The Bertz CT molecular complexity index is 659. The molecule has 2 rings (SSSR count). The Morgan fingerprint density at radius 3 is 2.46 bits per heavy atom. The lowest BCUT2D eigenvalue weighted by Crippen LogP contribution is -2.51. The molecule has 0 radical (unpaired) electrons. The summed E-state index contributed by atoms with van der Waals surface area (Å²) >= 11 is 0. The number of imide groups is 1. The number of carbonyl (C=O) groups is 2. The molecule has 7 nitrogen and oxygen atoms in total. The first-order valence-electron chi connectivity index (χ1n) is 9.97. The SMILES string of the molecule is COc1ccc(CCN(C)[C@@H](C)C(=O)NC(=O)NC2CCCCC2)cc1OC.